The molecule has 284 valence electrons. The summed E-state index contributed by atoms with van der Waals surface area (Å²) in [4.78, 5) is 2.34. The molecule has 0 fully saturated rings. The van der Waals surface area contributed by atoms with Gasteiger partial charge in [-0.05, 0) is 116 Å². The van der Waals surface area contributed by atoms with Gasteiger partial charge in [0.15, 0.2) is 0 Å². The van der Waals surface area contributed by atoms with Crippen molar-refractivity contribution in [3.05, 3.63) is 218 Å². The topological polar surface area (TPSA) is 21.3 Å². The SMILES string of the molecule is c1ccc(N(c2ccc3c(c2)oc2ccccc23)c2ccc3c4c(-c5ccc6c7ccccc7c7ccccc7c6c5)cc5ccccc5c4n(-c4ccccc4)c3c2)cc1. The number of anilines is 3. The molecule has 2 heterocycles. The van der Waals surface area contributed by atoms with Crippen molar-refractivity contribution in [1.29, 1.82) is 0 Å². The summed E-state index contributed by atoms with van der Waals surface area (Å²) in [5.41, 5.74) is 10.8. The third-order valence-electron chi connectivity index (χ3n) is 12.7. The molecule has 13 aromatic rings. The molecule has 0 atom stereocenters. The van der Waals surface area contributed by atoms with E-state index in [0.29, 0.717) is 0 Å². The second-order valence-electron chi connectivity index (χ2n) is 16.0. The predicted molar refractivity (Wildman–Crippen MR) is 258 cm³/mol. The molecule has 3 heteroatoms. The van der Waals surface area contributed by atoms with Crippen molar-refractivity contribution < 1.29 is 4.42 Å². The van der Waals surface area contributed by atoms with Gasteiger partial charge >= 0.3 is 0 Å². The van der Waals surface area contributed by atoms with Crippen molar-refractivity contribution in [3.63, 3.8) is 0 Å². The maximum Gasteiger partial charge on any atom is 0.137 e. The van der Waals surface area contributed by atoms with E-state index in [1.54, 1.807) is 0 Å². The van der Waals surface area contributed by atoms with Crippen molar-refractivity contribution in [2.24, 2.45) is 0 Å². The van der Waals surface area contributed by atoms with Crippen LogP contribution in [-0.4, -0.2) is 4.57 Å². The first-order valence-electron chi connectivity index (χ1n) is 20.9. The molecule has 0 aliphatic carbocycles. The maximum atomic E-state index is 6.44. The van der Waals surface area contributed by atoms with Gasteiger partial charge in [-0.15, -0.1) is 0 Å². The Morgan fingerprint density at radius 2 is 0.885 bits per heavy atom. The number of fused-ring (bicyclic) bond motifs is 14. The molecule has 13 rings (SSSR count). The first-order chi connectivity index (χ1) is 30.3. The minimum atomic E-state index is 0.867. The Hall–Kier alpha value is -8.14. The summed E-state index contributed by atoms with van der Waals surface area (Å²) in [7, 11) is 0. The molecule has 0 saturated heterocycles. The highest BCUT2D eigenvalue weighted by atomic mass is 16.3. The lowest BCUT2D eigenvalue weighted by Crippen LogP contribution is -2.09. The number of rotatable bonds is 5. The Morgan fingerprint density at radius 3 is 1.62 bits per heavy atom. The fraction of sp³-hybridized carbons (Fsp3) is 0. The summed E-state index contributed by atoms with van der Waals surface area (Å²) in [6, 6.07) is 79.3. The van der Waals surface area contributed by atoms with Gasteiger partial charge in [-0.3, -0.25) is 0 Å². The number of nitrogens with zero attached hydrogens (tertiary/aromatic N) is 2. The molecule has 2 aromatic heterocycles. The van der Waals surface area contributed by atoms with E-state index in [1.807, 2.05) is 12.1 Å². The summed E-state index contributed by atoms with van der Waals surface area (Å²) >= 11 is 0. The molecule has 0 aliphatic heterocycles. The predicted octanol–water partition coefficient (Wildman–Crippen LogP) is 16.4. The van der Waals surface area contributed by atoms with E-state index in [-0.39, 0.29) is 0 Å². The number of hydrogen-bond acceptors (Lipinski definition) is 2. The molecule has 0 aliphatic rings. The van der Waals surface area contributed by atoms with Gasteiger partial charge < -0.3 is 13.9 Å². The third-order valence-corrected chi connectivity index (χ3v) is 12.7. The second kappa shape index (κ2) is 13.2. The third kappa shape index (κ3) is 5.11. The monoisotopic (exact) mass is 776 g/mol. The first-order valence-corrected chi connectivity index (χ1v) is 20.9. The van der Waals surface area contributed by atoms with Gasteiger partial charge in [-0.2, -0.15) is 0 Å². The zero-order chi connectivity index (χ0) is 40.0. The Labute approximate surface area is 351 Å². The number of aromatic nitrogens is 1. The molecule has 0 radical (unpaired) electrons. The van der Waals surface area contributed by atoms with Crippen LogP contribution in [0.1, 0.15) is 0 Å². The van der Waals surface area contributed by atoms with Gasteiger partial charge in [0.2, 0.25) is 0 Å². The van der Waals surface area contributed by atoms with Gasteiger partial charge in [-0.1, -0.05) is 146 Å². The standard InChI is InChI=1S/C58H36N2O/c1-3-16-39(17-4-1)59(42-28-31-50-49-25-13-14-26-55(49)61-56(50)36-42)41-29-32-51-54(35-41)60(40-18-5-2-6-19-40)58-43-20-8-7-15-37(43)33-52(57(51)58)38-27-30-48-46-23-10-9-21-44(46)45-22-11-12-24-47(45)53(48)34-38/h1-36H. The van der Waals surface area contributed by atoms with E-state index in [9.17, 15) is 0 Å². The second-order valence-corrected chi connectivity index (χ2v) is 16.0. The highest BCUT2D eigenvalue weighted by molar-refractivity contribution is 6.28. The van der Waals surface area contributed by atoms with E-state index < -0.39 is 0 Å². The molecule has 3 nitrogen and oxygen atoms in total. The quantitative estimate of drug-likeness (QED) is 0.162. The van der Waals surface area contributed by atoms with Crippen LogP contribution in [0, 0.1) is 0 Å². The lowest BCUT2D eigenvalue weighted by atomic mass is 9.90. The molecule has 0 unspecified atom stereocenters. The normalized spacial score (nSPS) is 11.9. The first kappa shape index (κ1) is 33.8. The zero-order valence-corrected chi connectivity index (χ0v) is 33.1. The maximum absolute atomic E-state index is 6.44. The van der Waals surface area contributed by atoms with Crippen molar-refractivity contribution in [3.8, 4) is 16.8 Å². The lowest BCUT2D eigenvalue weighted by Gasteiger charge is -2.25. The molecule has 0 spiro atoms. The number of hydrogen-bond donors (Lipinski definition) is 0. The molecule has 11 aromatic carbocycles. The minimum absolute atomic E-state index is 0.867. The Kier molecular flexibility index (Phi) is 7.31. The van der Waals surface area contributed by atoms with Gasteiger partial charge in [-0.25, -0.2) is 0 Å². The van der Waals surface area contributed by atoms with Crippen LogP contribution in [0.2, 0.25) is 0 Å². The van der Waals surface area contributed by atoms with Crippen molar-refractivity contribution >= 4 is 104 Å². The van der Waals surface area contributed by atoms with Crippen LogP contribution < -0.4 is 4.90 Å². The summed E-state index contributed by atoms with van der Waals surface area (Å²) in [6.45, 7) is 0. The van der Waals surface area contributed by atoms with Gasteiger partial charge in [0, 0.05) is 55.7 Å². The number of para-hydroxylation sites is 3. The summed E-state index contributed by atoms with van der Waals surface area (Å²) in [6.07, 6.45) is 0. The highest BCUT2D eigenvalue weighted by Crippen LogP contribution is 2.47. The number of benzene rings is 11. The van der Waals surface area contributed by atoms with Crippen molar-refractivity contribution in [2.75, 3.05) is 4.90 Å². The highest BCUT2D eigenvalue weighted by Gasteiger charge is 2.23. The number of furan rings is 1. The fourth-order valence-corrected chi connectivity index (χ4v) is 10.0. The van der Waals surface area contributed by atoms with Gasteiger partial charge in [0.25, 0.3) is 0 Å². The molecule has 0 saturated carbocycles. The van der Waals surface area contributed by atoms with Crippen molar-refractivity contribution in [2.45, 2.75) is 0 Å². The van der Waals surface area contributed by atoms with E-state index in [0.717, 1.165) is 50.2 Å². The average molecular weight is 777 g/mol. The Balaban J connectivity index is 1.11. The molecule has 0 amide bonds. The fourth-order valence-electron chi connectivity index (χ4n) is 10.0. The largest absolute Gasteiger partial charge is 0.456 e. The molecule has 61 heavy (non-hydrogen) atoms. The van der Waals surface area contributed by atoms with E-state index >= 15 is 0 Å². The van der Waals surface area contributed by atoms with Crippen LogP contribution in [0.15, 0.2) is 223 Å². The summed E-state index contributed by atoms with van der Waals surface area (Å²) < 4.78 is 8.92. The van der Waals surface area contributed by atoms with Crippen LogP contribution in [0.5, 0.6) is 0 Å². The van der Waals surface area contributed by atoms with Crippen LogP contribution in [0.3, 0.4) is 0 Å². The zero-order valence-electron chi connectivity index (χ0n) is 33.1. The van der Waals surface area contributed by atoms with Crippen LogP contribution in [0.25, 0.3) is 104 Å². The van der Waals surface area contributed by atoms with Crippen LogP contribution in [0.4, 0.5) is 17.1 Å². The Bertz CT molecular complexity index is 3840. The van der Waals surface area contributed by atoms with E-state index in [2.05, 4.69) is 216 Å². The smallest absolute Gasteiger partial charge is 0.137 e. The van der Waals surface area contributed by atoms with Crippen LogP contribution in [-0.2, 0) is 0 Å². The molecular formula is C58H36N2O. The Morgan fingerprint density at radius 1 is 0.344 bits per heavy atom. The van der Waals surface area contributed by atoms with Crippen molar-refractivity contribution in [1.82, 2.24) is 4.57 Å². The molecule has 0 N–H and O–H groups in total. The minimum Gasteiger partial charge on any atom is -0.456 e. The van der Waals surface area contributed by atoms with Gasteiger partial charge in [0.05, 0.1) is 11.0 Å². The van der Waals surface area contributed by atoms with E-state index in [1.165, 1.54) is 70.5 Å². The molecular weight excluding hydrogens is 741 g/mol. The lowest BCUT2D eigenvalue weighted by molar-refractivity contribution is 0.669. The summed E-state index contributed by atoms with van der Waals surface area (Å²) in [5, 5.41) is 14.8. The average Bonchev–Trinajstić information content (AvgIpc) is 3.88. The van der Waals surface area contributed by atoms with Gasteiger partial charge in [0.1, 0.15) is 11.2 Å². The molecule has 0 bridgehead atoms. The summed E-state index contributed by atoms with van der Waals surface area (Å²) in [5.74, 6) is 0. The van der Waals surface area contributed by atoms with E-state index in [4.69, 9.17) is 4.42 Å². The van der Waals surface area contributed by atoms with Crippen LogP contribution >= 0.6 is 0 Å².